The van der Waals surface area contributed by atoms with Crippen LogP contribution in [0.1, 0.15) is 16.7 Å². The van der Waals surface area contributed by atoms with Gasteiger partial charge in [0.25, 0.3) is 10.0 Å². The van der Waals surface area contributed by atoms with Gasteiger partial charge in [0.1, 0.15) is 0 Å². The molecule has 6 nitrogen and oxygen atoms in total. The topological polar surface area (TPSA) is 77.0 Å². The summed E-state index contributed by atoms with van der Waals surface area (Å²) in [6.45, 7) is 0.495. The molecule has 0 aliphatic rings. The summed E-state index contributed by atoms with van der Waals surface area (Å²) in [4.78, 5) is 2.26. The van der Waals surface area contributed by atoms with E-state index in [0.717, 1.165) is 5.56 Å². The molecule has 140 valence electrons. The maximum atomic E-state index is 12.3. The minimum Gasteiger partial charge on any atom is -0.493 e. The van der Waals surface area contributed by atoms with Crippen molar-refractivity contribution >= 4 is 16.2 Å². The molecule has 0 radical (unpaired) electrons. The summed E-state index contributed by atoms with van der Waals surface area (Å²) in [6.07, 6.45) is 1.23. The van der Waals surface area contributed by atoms with E-state index in [0.29, 0.717) is 11.1 Å². The average Bonchev–Trinajstić information content (AvgIpc) is 2.57. The Labute approximate surface area is 150 Å². The van der Waals surface area contributed by atoms with E-state index >= 15 is 0 Å². The molecule has 0 aliphatic heterocycles. The highest BCUT2D eigenvalue weighted by atomic mass is 32.2. The van der Waals surface area contributed by atoms with Crippen molar-refractivity contribution in [1.82, 2.24) is 4.83 Å². The quantitative estimate of drug-likeness (QED) is 0.587. The highest BCUT2D eigenvalue weighted by molar-refractivity contribution is 7.89. The SMILES string of the molecule is COc1cc(/C=N\NS(=O)(=O)c2cc(C)ccc2C)ccc1OC(F)F. The number of alkyl halides is 2. The van der Waals surface area contributed by atoms with E-state index in [-0.39, 0.29) is 16.4 Å². The Hall–Kier alpha value is -2.68. The second-order valence-corrected chi connectivity index (χ2v) is 7.04. The van der Waals surface area contributed by atoms with Gasteiger partial charge in [0, 0.05) is 0 Å². The van der Waals surface area contributed by atoms with E-state index in [1.807, 2.05) is 6.07 Å². The zero-order valence-electron chi connectivity index (χ0n) is 14.4. The highest BCUT2D eigenvalue weighted by Crippen LogP contribution is 2.28. The molecular formula is C17H18F2N2O4S. The lowest BCUT2D eigenvalue weighted by Gasteiger charge is -2.10. The van der Waals surface area contributed by atoms with Gasteiger partial charge in [-0.1, -0.05) is 12.1 Å². The summed E-state index contributed by atoms with van der Waals surface area (Å²) >= 11 is 0. The van der Waals surface area contributed by atoms with Crippen LogP contribution in [-0.4, -0.2) is 28.4 Å². The second kappa shape index (κ2) is 8.13. The van der Waals surface area contributed by atoms with Crippen molar-refractivity contribution in [3.05, 3.63) is 53.1 Å². The van der Waals surface area contributed by atoms with Gasteiger partial charge in [0.2, 0.25) is 0 Å². The lowest BCUT2D eigenvalue weighted by Crippen LogP contribution is -2.19. The van der Waals surface area contributed by atoms with Crippen molar-refractivity contribution in [2.24, 2.45) is 5.10 Å². The molecule has 0 aliphatic carbocycles. The predicted octanol–water partition coefficient (Wildman–Crippen LogP) is 3.23. The first-order valence-electron chi connectivity index (χ1n) is 7.48. The fourth-order valence-electron chi connectivity index (χ4n) is 2.17. The third-order valence-electron chi connectivity index (χ3n) is 3.42. The first-order chi connectivity index (χ1) is 12.2. The van der Waals surface area contributed by atoms with Crippen LogP contribution in [0.4, 0.5) is 8.78 Å². The van der Waals surface area contributed by atoms with Crippen molar-refractivity contribution in [1.29, 1.82) is 0 Å². The van der Waals surface area contributed by atoms with Gasteiger partial charge in [-0.05, 0) is 54.8 Å². The van der Waals surface area contributed by atoms with Gasteiger partial charge in [0.15, 0.2) is 11.5 Å². The minimum atomic E-state index is -3.83. The molecule has 2 aromatic carbocycles. The van der Waals surface area contributed by atoms with Crippen molar-refractivity contribution < 1.29 is 26.7 Å². The molecule has 9 heteroatoms. The average molecular weight is 384 g/mol. The second-order valence-electron chi connectivity index (χ2n) is 5.41. The molecule has 0 unspecified atom stereocenters. The molecule has 0 fully saturated rings. The molecule has 0 heterocycles. The first-order valence-corrected chi connectivity index (χ1v) is 8.96. The number of ether oxygens (including phenoxy) is 2. The van der Waals surface area contributed by atoms with E-state index in [9.17, 15) is 17.2 Å². The van der Waals surface area contributed by atoms with Gasteiger partial charge in [-0.2, -0.15) is 22.3 Å². The number of aryl methyl sites for hydroxylation is 2. The van der Waals surface area contributed by atoms with E-state index in [1.54, 1.807) is 26.0 Å². The van der Waals surface area contributed by atoms with Gasteiger partial charge in [0.05, 0.1) is 18.2 Å². The number of nitrogens with zero attached hydrogens (tertiary/aromatic N) is 1. The van der Waals surface area contributed by atoms with Crippen molar-refractivity contribution in [2.75, 3.05) is 7.11 Å². The van der Waals surface area contributed by atoms with Crippen molar-refractivity contribution in [3.63, 3.8) is 0 Å². The Morgan fingerprint density at radius 3 is 2.50 bits per heavy atom. The first kappa shape index (κ1) is 19.6. The Balaban J connectivity index is 2.18. The molecule has 0 aromatic heterocycles. The van der Waals surface area contributed by atoms with Crippen LogP contribution >= 0.6 is 0 Å². The van der Waals surface area contributed by atoms with Crippen molar-refractivity contribution in [3.8, 4) is 11.5 Å². The number of benzene rings is 2. The Morgan fingerprint density at radius 1 is 1.12 bits per heavy atom. The number of hydrazone groups is 1. The molecule has 0 amide bonds. The maximum absolute atomic E-state index is 12.3. The number of hydrogen-bond acceptors (Lipinski definition) is 5. The monoisotopic (exact) mass is 384 g/mol. The summed E-state index contributed by atoms with van der Waals surface area (Å²) in [5.41, 5.74) is 1.83. The molecule has 2 aromatic rings. The van der Waals surface area contributed by atoms with Crippen LogP contribution in [-0.2, 0) is 10.0 Å². The lowest BCUT2D eigenvalue weighted by atomic mass is 10.2. The number of halogens is 2. The smallest absolute Gasteiger partial charge is 0.387 e. The Morgan fingerprint density at radius 2 is 1.85 bits per heavy atom. The van der Waals surface area contributed by atoms with E-state index in [2.05, 4.69) is 14.7 Å². The summed E-state index contributed by atoms with van der Waals surface area (Å²) in [7, 11) is -2.52. The third-order valence-corrected chi connectivity index (χ3v) is 4.79. The van der Waals surface area contributed by atoms with E-state index in [1.165, 1.54) is 31.5 Å². The summed E-state index contributed by atoms with van der Waals surface area (Å²) < 4.78 is 58.6. The largest absolute Gasteiger partial charge is 0.493 e. The van der Waals surface area contributed by atoms with Gasteiger partial charge in [-0.15, -0.1) is 0 Å². The molecule has 0 spiro atoms. The number of nitrogens with one attached hydrogen (secondary N) is 1. The summed E-state index contributed by atoms with van der Waals surface area (Å²) in [5, 5.41) is 3.72. The molecule has 0 bridgehead atoms. The summed E-state index contributed by atoms with van der Waals surface area (Å²) in [6, 6.07) is 9.19. The number of rotatable bonds is 7. The van der Waals surface area contributed by atoms with Gasteiger partial charge < -0.3 is 9.47 Å². The molecule has 0 saturated carbocycles. The van der Waals surface area contributed by atoms with Crippen LogP contribution in [0.2, 0.25) is 0 Å². The third kappa shape index (κ3) is 4.92. The molecule has 1 N–H and O–H groups in total. The fraction of sp³-hybridized carbons (Fsp3) is 0.235. The van der Waals surface area contributed by atoms with Crippen LogP contribution in [0.5, 0.6) is 11.5 Å². The number of sulfonamides is 1. The zero-order chi connectivity index (χ0) is 19.3. The lowest BCUT2D eigenvalue weighted by molar-refractivity contribution is -0.0512. The highest BCUT2D eigenvalue weighted by Gasteiger charge is 2.16. The molecule has 26 heavy (non-hydrogen) atoms. The van der Waals surface area contributed by atoms with Gasteiger partial charge in [-0.3, -0.25) is 0 Å². The van der Waals surface area contributed by atoms with E-state index in [4.69, 9.17) is 4.74 Å². The van der Waals surface area contributed by atoms with Crippen LogP contribution in [0.15, 0.2) is 46.4 Å². The normalized spacial score (nSPS) is 11.8. The Bertz CT molecular complexity index is 915. The van der Waals surface area contributed by atoms with Gasteiger partial charge >= 0.3 is 6.61 Å². The molecule has 0 saturated heterocycles. The van der Waals surface area contributed by atoms with E-state index < -0.39 is 16.6 Å². The molecule has 2 rings (SSSR count). The van der Waals surface area contributed by atoms with Crippen LogP contribution in [0.3, 0.4) is 0 Å². The standard InChI is InChI=1S/C17H18F2N2O4S/c1-11-4-5-12(2)16(8-11)26(22,23)21-20-10-13-6-7-14(25-17(18)19)15(9-13)24-3/h4-10,17,21H,1-3H3/b20-10-. The minimum absolute atomic E-state index is 0.0756. The fourth-order valence-corrected chi connectivity index (χ4v) is 3.30. The Kier molecular flexibility index (Phi) is 6.14. The number of hydrogen-bond donors (Lipinski definition) is 1. The van der Waals surface area contributed by atoms with Crippen molar-refractivity contribution in [2.45, 2.75) is 25.4 Å². The maximum Gasteiger partial charge on any atom is 0.387 e. The zero-order valence-corrected chi connectivity index (χ0v) is 15.2. The molecule has 0 atom stereocenters. The van der Waals surface area contributed by atoms with Gasteiger partial charge in [-0.25, -0.2) is 4.83 Å². The van der Waals surface area contributed by atoms with Crippen LogP contribution in [0, 0.1) is 13.8 Å². The van der Waals surface area contributed by atoms with Crippen LogP contribution in [0.25, 0.3) is 0 Å². The predicted molar refractivity (Wildman–Crippen MR) is 93.5 cm³/mol. The van der Waals surface area contributed by atoms with Crippen LogP contribution < -0.4 is 14.3 Å². The number of methoxy groups -OCH3 is 1. The summed E-state index contributed by atoms with van der Waals surface area (Å²) in [5.74, 6) is -0.0535. The molecular weight excluding hydrogens is 366 g/mol.